The molecule has 1 fully saturated rings. The van der Waals surface area contributed by atoms with Gasteiger partial charge in [-0.3, -0.25) is 0 Å². The van der Waals surface area contributed by atoms with Crippen LogP contribution in [0.25, 0.3) is 0 Å². The van der Waals surface area contributed by atoms with Crippen molar-refractivity contribution in [1.82, 2.24) is 4.72 Å². The Kier molecular flexibility index (Phi) is 6.46. The first kappa shape index (κ1) is 18.7. The van der Waals surface area contributed by atoms with Crippen molar-refractivity contribution < 1.29 is 21.6 Å². The largest absolute Gasteiger partial charge is 0.381 e. The third-order valence-electron chi connectivity index (χ3n) is 3.38. The average Bonchev–Trinajstić information content (AvgIpc) is 2.52. The number of primary sulfonamides is 1. The summed E-state index contributed by atoms with van der Waals surface area (Å²) < 4.78 is 54.3. The minimum atomic E-state index is -3.83. The van der Waals surface area contributed by atoms with Crippen LogP contribution in [0.5, 0.6) is 0 Å². The van der Waals surface area contributed by atoms with Crippen molar-refractivity contribution in [2.75, 3.05) is 25.5 Å². The number of thioether (sulfide) groups is 1. The molecule has 1 heterocycles. The summed E-state index contributed by atoms with van der Waals surface area (Å²) in [4.78, 5) is -0.104. The lowest BCUT2D eigenvalue weighted by atomic mass is 10.2. The van der Waals surface area contributed by atoms with Gasteiger partial charge in [0.2, 0.25) is 20.0 Å². The molecule has 1 aromatic rings. The van der Waals surface area contributed by atoms with Gasteiger partial charge in [-0.05, 0) is 37.1 Å². The smallest absolute Gasteiger partial charge is 0.240 e. The molecular weight excluding hydrogens is 360 g/mol. The van der Waals surface area contributed by atoms with E-state index in [1.807, 2.05) is 0 Å². The minimum Gasteiger partial charge on any atom is -0.381 e. The summed E-state index contributed by atoms with van der Waals surface area (Å²) in [6.45, 7) is 1.85. The third kappa shape index (κ3) is 5.73. The summed E-state index contributed by atoms with van der Waals surface area (Å²) in [6, 6.07) is 4.82. The van der Waals surface area contributed by atoms with Crippen LogP contribution in [0.2, 0.25) is 0 Å². The molecule has 0 aromatic heterocycles. The van der Waals surface area contributed by atoms with Gasteiger partial charge in [0, 0.05) is 30.8 Å². The predicted molar refractivity (Wildman–Crippen MR) is 89.3 cm³/mol. The van der Waals surface area contributed by atoms with Gasteiger partial charge in [0.05, 0.1) is 9.79 Å². The SMILES string of the molecule is NS(=O)(=O)c1ccc(S(=O)(=O)NCCSC2CCOCC2)cc1. The predicted octanol–water partition coefficient (Wildman–Crippen LogP) is 0.525. The van der Waals surface area contributed by atoms with Crippen LogP contribution in [0.1, 0.15) is 12.8 Å². The lowest BCUT2D eigenvalue weighted by molar-refractivity contribution is 0.100. The Bertz CT molecular complexity index is 710. The van der Waals surface area contributed by atoms with E-state index in [0.717, 1.165) is 26.1 Å². The van der Waals surface area contributed by atoms with Crippen molar-refractivity contribution in [2.24, 2.45) is 5.14 Å². The Morgan fingerprint density at radius 2 is 1.65 bits per heavy atom. The molecule has 0 atom stereocenters. The molecule has 1 aromatic carbocycles. The van der Waals surface area contributed by atoms with E-state index in [1.54, 1.807) is 11.8 Å². The van der Waals surface area contributed by atoms with Crippen LogP contribution in [0.3, 0.4) is 0 Å². The van der Waals surface area contributed by atoms with Crippen molar-refractivity contribution in [3.8, 4) is 0 Å². The van der Waals surface area contributed by atoms with Crippen molar-refractivity contribution >= 4 is 31.8 Å². The number of rotatable bonds is 7. The fraction of sp³-hybridized carbons (Fsp3) is 0.538. The van der Waals surface area contributed by atoms with Crippen LogP contribution in [0.4, 0.5) is 0 Å². The maximum Gasteiger partial charge on any atom is 0.240 e. The van der Waals surface area contributed by atoms with Gasteiger partial charge in [-0.1, -0.05) is 0 Å². The molecule has 1 aliphatic rings. The van der Waals surface area contributed by atoms with Crippen molar-refractivity contribution in [1.29, 1.82) is 0 Å². The molecule has 1 aliphatic heterocycles. The van der Waals surface area contributed by atoms with Crippen molar-refractivity contribution in [3.05, 3.63) is 24.3 Å². The molecule has 0 spiro atoms. The first-order valence-corrected chi connectivity index (χ1v) is 11.2. The maximum atomic E-state index is 12.1. The summed E-state index contributed by atoms with van der Waals surface area (Å²) in [5.74, 6) is 0.680. The zero-order chi connectivity index (χ0) is 16.9. The standard InChI is InChI=1S/C13H20N2O5S3/c14-22(16,17)12-1-3-13(4-2-12)23(18,19)15-7-10-21-11-5-8-20-9-6-11/h1-4,11,15H,5-10H2,(H2,14,16,17). The van der Waals surface area contributed by atoms with Gasteiger partial charge < -0.3 is 4.74 Å². The molecule has 1 saturated heterocycles. The van der Waals surface area contributed by atoms with E-state index in [4.69, 9.17) is 9.88 Å². The second-order valence-corrected chi connectivity index (χ2v) is 9.83. The van der Waals surface area contributed by atoms with Crippen molar-refractivity contribution in [3.63, 3.8) is 0 Å². The number of ether oxygens (including phenoxy) is 1. The van der Waals surface area contributed by atoms with Crippen molar-refractivity contribution in [2.45, 2.75) is 27.9 Å². The summed E-state index contributed by atoms with van der Waals surface area (Å²) in [7, 11) is -7.48. The number of sulfonamides is 2. The number of hydrogen-bond donors (Lipinski definition) is 2. The van der Waals surface area contributed by atoms with Gasteiger partial charge in [-0.2, -0.15) is 11.8 Å². The van der Waals surface area contributed by atoms with Crippen LogP contribution in [-0.2, 0) is 24.8 Å². The van der Waals surface area contributed by atoms with E-state index in [-0.39, 0.29) is 9.79 Å². The summed E-state index contributed by atoms with van der Waals surface area (Å²) >= 11 is 1.74. The zero-order valence-electron chi connectivity index (χ0n) is 12.5. The molecule has 0 radical (unpaired) electrons. The molecule has 0 aliphatic carbocycles. The Labute approximate surface area is 141 Å². The zero-order valence-corrected chi connectivity index (χ0v) is 14.9. The van der Waals surface area contributed by atoms with E-state index >= 15 is 0 Å². The van der Waals surface area contributed by atoms with Gasteiger partial charge in [0.15, 0.2) is 0 Å². The summed E-state index contributed by atoms with van der Waals surface area (Å²) in [5.41, 5.74) is 0. The van der Waals surface area contributed by atoms with Gasteiger partial charge in [-0.15, -0.1) is 0 Å². The topological polar surface area (TPSA) is 116 Å². The molecule has 3 N–H and O–H groups in total. The first-order chi connectivity index (χ1) is 10.8. The van der Waals surface area contributed by atoms with Crippen LogP contribution in [-0.4, -0.2) is 47.6 Å². The molecule has 0 bridgehead atoms. The van der Waals surface area contributed by atoms with E-state index < -0.39 is 20.0 Å². The van der Waals surface area contributed by atoms with Crippen LogP contribution >= 0.6 is 11.8 Å². The molecule has 10 heteroatoms. The van der Waals surface area contributed by atoms with E-state index in [9.17, 15) is 16.8 Å². The molecule has 130 valence electrons. The molecule has 0 saturated carbocycles. The molecule has 23 heavy (non-hydrogen) atoms. The lowest BCUT2D eigenvalue weighted by Gasteiger charge is -2.21. The number of hydrogen-bond acceptors (Lipinski definition) is 6. The highest BCUT2D eigenvalue weighted by atomic mass is 32.2. The molecule has 0 unspecified atom stereocenters. The molecule has 0 amide bonds. The second-order valence-electron chi connectivity index (χ2n) is 5.10. The minimum absolute atomic E-state index is 0.0148. The first-order valence-electron chi connectivity index (χ1n) is 7.11. The van der Waals surface area contributed by atoms with Gasteiger partial charge in [-0.25, -0.2) is 26.7 Å². The molecule has 7 nitrogen and oxygen atoms in total. The normalized spacial score (nSPS) is 17.3. The fourth-order valence-corrected chi connectivity index (χ4v) is 4.89. The quantitative estimate of drug-likeness (QED) is 0.667. The highest BCUT2D eigenvalue weighted by Crippen LogP contribution is 2.21. The highest BCUT2D eigenvalue weighted by molar-refractivity contribution is 8.00. The summed E-state index contributed by atoms with van der Waals surface area (Å²) in [5, 5.41) is 5.50. The van der Waals surface area contributed by atoms with Crippen LogP contribution in [0.15, 0.2) is 34.1 Å². The van der Waals surface area contributed by atoms with E-state index in [2.05, 4.69) is 4.72 Å². The molecular formula is C13H20N2O5S3. The Balaban J connectivity index is 1.86. The maximum absolute atomic E-state index is 12.1. The van der Waals surface area contributed by atoms with Gasteiger partial charge in [0.25, 0.3) is 0 Å². The van der Waals surface area contributed by atoms with E-state index in [0.29, 0.717) is 17.5 Å². The van der Waals surface area contributed by atoms with Crippen LogP contribution in [0, 0.1) is 0 Å². The van der Waals surface area contributed by atoms with Gasteiger partial charge >= 0.3 is 0 Å². The average molecular weight is 381 g/mol. The molecule has 2 rings (SSSR count). The monoisotopic (exact) mass is 380 g/mol. The number of nitrogens with one attached hydrogen (secondary N) is 1. The summed E-state index contributed by atoms with van der Waals surface area (Å²) in [6.07, 6.45) is 1.99. The Hall–Kier alpha value is -0.650. The van der Waals surface area contributed by atoms with Gasteiger partial charge in [0.1, 0.15) is 0 Å². The number of nitrogens with two attached hydrogens (primary N) is 1. The van der Waals surface area contributed by atoms with E-state index in [1.165, 1.54) is 24.3 Å². The fourth-order valence-electron chi connectivity index (χ4n) is 2.14. The lowest BCUT2D eigenvalue weighted by Crippen LogP contribution is -2.27. The Morgan fingerprint density at radius 1 is 1.09 bits per heavy atom. The van der Waals surface area contributed by atoms with Crippen LogP contribution < -0.4 is 9.86 Å². The Morgan fingerprint density at radius 3 is 2.22 bits per heavy atom. The number of benzene rings is 1. The second kappa shape index (κ2) is 7.95. The third-order valence-corrected chi connectivity index (χ3v) is 7.17. The highest BCUT2D eigenvalue weighted by Gasteiger charge is 2.17.